The highest BCUT2D eigenvalue weighted by Gasteiger charge is 2.12. The number of amides is 1. The number of aryl methyl sites for hydroxylation is 1. The lowest BCUT2D eigenvalue weighted by atomic mass is 10.1. The summed E-state index contributed by atoms with van der Waals surface area (Å²) in [5.74, 6) is 0.0976. The molecule has 2 rings (SSSR count). The van der Waals surface area contributed by atoms with Crippen LogP contribution in [0.2, 0.25) is 0 Å². The van der Waals surface area contributed by atoms with E-state index >= 15 is 0 Å². The van der Waals surface area contributed by atoms with Gasteiger partial charge in [0.05, 0.1) is 12.7 Å². The van der Waals surface area contributed by atoms with E-state index in [2.05, 4.69) is 10.3 Å². The largest absolute Gasteiger partial charge is 0.507 e. The Bertz CT molecular complexity index is 626. The van der Waals surface area contributed by atoms with Crippen LogP contribution in [0.4, 0.5) is 0 Å². The van der Waals surface area contributed by atoms with Gasteiger partial charge in [0.1, 0.15) is 11.5 Å². The van der Waals surface area contributed by atoms with E-state index in [9.17, 15) is 9.90 Å². The van der Waals surface area contributed by atoms with Crippen LogP contribution in [0.1, 0.15) is 21.5 Å². The van der Waals surface area contributed by atoms with E-state index in [1.165, 1.54) is 19.2 Å². The normalized spacial score (nSPS) is 10.1. The maximum Gasteiger partial charge on any atom is 0.255 e. The van der Waals surface area contributed by atoms with Gasteiger partial charge in [0.25, 0.3) is 5.91 Å². The second-order valence-electron chi connectivity index (χ2n) is 4.37. The van der Waals surface area contributed by atoms with Gasteiger partial charge in [0, 0.05) is 18.9 Å². The highest BCUT2D eigenvalue weighted by molar-refractivity contribution is 5.97. The molecule has 2 N–H and O–H groups in total. The van der Waals surface area contributed by atoms with Gasteiger partial charge in [-0.25, -0.2) is 0 Å². The fourth-order valence-corrected chi connectivity index (χ4v) is 1.80. The maximum absolute atomic E-state index is 12.1. The minimum absolute atomic E-state index is 0.0743. The first-order chi connectivity index (χ1) is 9.61. The summed E-state index contributed by atoms with van der Waals surface area (Å²) < 4.78 is 5.04. The highest BCUT2D eigenvalue weighted by Crippen LogP contribution is 2.22. The minimum atomic E-state index is -0.349. The average molecular weight is 272 g/mol. The molecule has 0 aliphatic carbocycles. The van der Waals surface area contributed by atoms with Crippen molar-refractivity contribution in [2.75, 3.05) is 7.11 Å². The lowest BCUT2D eigenvalue weighted by molar-refractivity contribution is 0.0948. The number of aromatic hydroxyl groups is 1. The third-order valence-electron chi connectivity index (χ3n) is 3.02. The fraction of sp³-hybridized carbons (Fsp3) is 0.200. The van der Waals surface area contributed by atoms with Gasteiger partial charge in [-0.1, -0.05) is 0 Å². The molecule has 0 saturated heterocycles. The SMILES string of the molecule is COc1ccc(O)c(C(=O)NCc2ccncc2C)c1. The van der Waals surface area contributed by atoms with E-state index in [0.717, 1.165) is 11.1 Å². The van der Waals surface area contributed by atoms with Crippen LogP contribution in [0.25, 0.3) is 0 Å². The van der Waals surface area contributed by atoms with Crippen molar-refractivity contribution in [3.8, 4) is 11.5 Å². The Kier molecular flexibility index (Phi) is 4.20. The Morgan fingerprint density at radius 1 is 1.40 bits per heavy atom. The number of pyridine rings is 1. The molecule has 5 heteroatoms. The van der Waals surface area contributed by atoms with Gasteiger partial charge in [-0.2, -0.15) is 0 Å². The summed E-state index contributed by atoms with van der Waals surface area (Å²) in [6.07, 6.45) is 3.42. The number of carbonyl (C=O) groups is 1. The second kappa shape index (κ2) is 6.06. The van der Waals surface area contributed by atoms with Crippen molar-refractivity contribution in [2.45, 2.75) is 13.5 Å². The first kappa shape index (κ1) is 13.9. The van der Waals surface area contributed by atoms with Crippen molar-refractivity contribution in [2.24, 2.45) is 0 Å². The number of hydrogen-bond acceptors (Lipinski definition) is 4. The molecule has 0 unspecified atom stereocenters. The molecule has 2 aromatic rings. The van der Waals surface area contributed by atoms with Gasteiger partial charge in [-0.3, -0.25) is 9.78 Å². The summed E-state index contributed by atoms with van der Waals surface area (Å²) in [6, 6.07) is 6.38. The fourth-order valence-electron chi connectivity index (χ4n) is 1.80. The van der Waals surface area contributed by atoms with Crippen LogP contribution in [0.5, 0.6) is 11.5 Å². The van der Waals surface area contributed by atoms with Gasteiger partial charge in [-0.15, -0.1) is 0 Å². The predicted molar refractivity (Wildman–Crippen MR) is 74.8 cm³/mol. The van der Waals surface area contributed by atoms with E-state index in [1.807, 2.05) is 13.0 Å². The zero-order valence-electron chi connectivity index (χ0n) is 11.4. The number of rotatable bonds is 4. The number of carbonyl (C=O) groups excluding carboxylic acids is 1. The lowest BCUT2D eigenvalue weighted by Gasteiger charge is -2.09. The molecule has 20 heavy (non-hydrogen) atoms. The van der Waals surface area contributed by atoms with Crippen LogP contribution < -0.4 is 10.1 Å². The number of aromatic nitrogens is 1. The minimum Gasteiger partial charge on any atom is -0.507 e. The summed E-state index contributed by atoms with van der Waals surface area (Å²) in [5, 5.41) is 12.5. The maximum atomic E-state index is 12.1. The lowest BCUT2D eigenvalue weighted by Crippen LogP contribution is -2.23. The van der Waals surface area contributed by atoms with Gasteiger partial charge in [0.2, 0.25) is 0 Å². The number of ether oxygens (including phenoxy) is 1. The molecule has 0 bridgehead atoms. The number of nitrogens with zero attached hydrogens (tertiary/aromatic N) is 1. The number of benzene rings is 1. The van der Waals surface area contributed by atoms with Gasteiger partial charge in [-0.05, 0) is 42.3 Å². The first-order valence-corrected chi connectivity index (χ1v) is 6.16. The van der Waals surface area contributed by atoms with Crippen molar-refractivity contribution in [3.63, 3.8) is 0 Å². The summed E-state index contributed by atoms with van der Waals surface area (Å²) >= 11 is 0. The van der Waals surface area contributed by atoms with Gasteiger partial charge >= 0.3 is 0 Å². The number of nitrogens with one attached hydrogen (secondary N) is 1. The van der Waals surface area contributed by atoms with Crippen LogP contribution in [-0.2, 0) is 6.54 Å². The summed E-state index contributed by atoms with van der Waals surface area (Å²) in [6.45, 7) is 2.31. The molecule has 0 saturated carbocycles. The molecule has 1 heterocycles. The summed E-state index contributed by atoms with van der Waals surface area (Å²) in [7, 11) is 1.51. The monoisotopic (exact) mass is 272 g/mol. The van der Waals surface area contributed by atoms with E-state index in [1.54, 1.807) is 18.5 Å². The van der Waals surface area contributed by atoms with Crippen molar-refractivity contribution in [1.29, 1.82) is 0 Å². The van der Waals surface area contributed by atoms with Crippen LogP contribution in [-0.4, -0.2) is 23.1 Å². The Morgan fingerprint density at radius 3 is 2.90 bits per heavy atom. The Balaban J connectivity index is 2.11. The Morgan fingerprint density at radius 2 is 2.20 bits per heavy atom. The van der Waals surface area contributed by atoms with Gasteiger partial charge in [0.15, 0.2) is 0 Å². The van der Waals surface area contributed by atoms with Crippen LogP contribution in [0, 0.1) is 6.92 Å². The molecule has 1 aromatic heterocycles. The van der Waals surface area contributed by atoms with Crippen molar-refractivity contribution in [3.05, 3.63) is 53.3 Å². The average Bonchev–Trinajstić information content (AvgIpc) is 2.46. The number of methoxy groups -OCH3 is 1. The van der Waals surface area contributed by atoms with E-state index in [0.29, 0.717) is 12.3 Å². The van der Waals surface area contributed by atoms with Crippen molar-refractivity contribution < 1.29 is 14.6 Å². The summed E-state index contributed by atoms with van der Waals surface area (Å²) in [4.78, 5) is 16.1. The standard InChI is InChI=1S/C15H16N2O3/c1-10-8-16-6-5-11(10)9-17-15(19)13-7-12(20-2)3-4-14(13)18/h3-8,18H,9H2,1-2H3,(H,17,19). The van der Waals surface area contributed by atoms with E-state index in [-0.39, 0.29) is 17.2 Å². The first-order valence-electron chi connectivity index (χ1n) is 6.16. The molecule has 1 aromatic carbocycles. The van der Waals surface area contributed by atoms with Crippen molar-refractivity contribution in [1.82, 2.24) is 10.3 Å². The molecule has 0 aliphatic rings. The Labute approximate surface area is 117 Å². The van der Waals surface area contributed by atoms with Crippen LogP contribution in [0.15, 0.2) is 36.7 Å². The van der Waals surface area contributed by atoms with Crippen LogP contribution >= 0.6 is 0 Å². The van der Waals surface area contributed by atoms with E-state index in [4.69, 9.17) is 4.74 Å². The predicted octanol–water partition coefficient (Wildman–Crippen LogP) is 2.03. The molecule has 0 spiro atoms. The quantitative estimate of drug-likeness (QED) is 0.893. The molecule has 0 radical (unpaired) electrons. The Hall–Kier alpha value is -2.56. The highest BCUT2D eigenvalue weighted by atomic mass is 16.5. The zero-order valence-corrected chi connectivity index (χ0v) is 11.4. The number of phenolic OH excluding ortho intramolecular Hbond substituents is 1. The summed E-state index contributed by atoms with van der Waals surface area (Å²) in [5.41, 5.74) is 2.18. The number of hydrogen-bond donors (Lipinski definition) is 2. The second-order valence-corrected chi connectivity index (χ2v) is 4.37. The third kappa shape index (κ3) is 3.06. The van der Waals surface area contributed by atoms with E-state index < -0.39 is 0 Å². The molecule has 1 amide bonds. The molecular formula is C15H16N2O3. The zero-order chi connectivity index (χ0) is 14.5. The third-order valence-corrected chi connectivity index (χ3v) is 3.02. The molecule has 104 valence electrons. The van der Waals surface area contributed by atoms with Crippen molar-refractivity contribution >= 4 is 5.91 Å². The molecule has 5 nitrogen and oxygen atoms in total. The number of phenols is 1. The molecule has 0 atom stereocenters. The van der Waals surface area contributed by atoms with Crippen LogP contribution in [0.3, 0.4) is 0 Å². The molecular weight excluding hydrogens is 256 g/mol. The molecule has 0 aliphatic heterocycles. The smallest absolute Gasteiger partial charge is 0.255 e. The topological polar surface area (TPSA) is 71.5 Å². The van der Waals surface area contributed by atoms with Gasteiger partial charge < -0.3 is 15.2 Å². The molecule has 0 fully saturated rings.